The van der Waals surface area contributed by atoms with Gasteiger partial charge in [-0.3, -0.25) is 4.79 Å². The van der Waals surface area contributed by atoms with Crippen molar-refractivity contribution in [3.05, 3.63) is 35.6 Å². The Kier molecular flexibility index (Phi) is 5.69. The number of carbonyl (C=O) groups is 1. The van der Waals surface area contributed by atoms with Gasteiger partial charge >= 0.3 is 0 Å². The van der Waals surface area contributed by atoms with Gasteiger partial charge < -0.3 is 10.2 Å². The molecule has 0 saturated carbocycles. The lowest BCUT2D eigenvalue weighted by molar-refractivity contribution is -0.124. The van der Waals surface area contributed by atoms with E-state index in [2.05, 4.69) is 24.1 Å². The summed E-state index contributed by atoms with van der Waals surface area (Å²) in [6, 6.07) is 6.30. The second-order valence-corrected chi connectivity index (χ2v) is 6.16. The highest BCUT2D eigenvalue weighted by molar-refractivity contribution is 5.78. The molecule has 1 rings (SSSR count). The highest BCUT2D eigenvalue weighted by atomic mass is 19.1. The molecule has 0 aliphatic rings. The van der Waals surface area contributed by atoms with Crippen molar-refractivity contribution >= 4 is 5.91 Å². The fraction of sp³-hybridized carbons (Fsp3) is 0.562. The van der Waals surface area contributed by atoms with Crippen molar-refractivity contribution in [3.8, 4) is 0 Å². The summed E-state index contributed by atoms with van der Waals surface area (Å²) in [6.07, 6.45) is 0.620. The van der Waals surface area contributed by atoms with Gasteiger partial charge in [-0.05, 0) is 52.1 Å². The fourth-order valence-corrected chi connectivity index (χ4v) is 1.70. The predicted molar refractivity (Wildman–Crippen MR) is 80.0 cm³/mol. The van der Waals surface area contributed by atoms with Gasteiger partial charge in [0.2, 0.25) is 5.91 Å². The lowest BCUT2D eigenvalue weighted by atomic mass is 9.99. The number of amides is 1. The average Bonchev–Trinajstić information content (AvgIpc) is 2.38. The molecule has 3 nitrogen and oxygen atoms in total. The van der Waals surface area contributed by atoms with Crippen molar-refractivity contribution in [1.82, 2.24) is 10.2 Å². The van der Waals surface area contributed by atoms with Crippen molar-refractivity contribution < 1.29 is 9.18 Å². The van der Waals surface area contributed by atoms with Gasteiger partial charge in [-0.1, -0.05) is 19.1 Å². The molecule has 1 aromatic carbocycles. The maximum atomic E-state index is 12.8. The molecule has 20 heavy (non-hydrogen) atoms. The first-order valence-electron chi connectivity index (χ1n) is 6.92. The molecule has 0 aromatic heterocycles. The summed E-state index contributed by atoms with van der Waals surface area (Å²) >= 11 is 0. The van der Waals surface area contributed by atoms with Crippen molar-refractivity contribution in [3.63, 3.8) is 0 Å². The maximum Gasteiger partial charge on any atom is 0.223 e. The number of rotatable bonds is 6. The van der Waals surface area contributed by atoms with Crippen LogP contribution in [-0.4, -0.2) is 37.0 Å². The number of hydrogen-bond donors (Lipinski definition) is 1. The number of benzene rings is 1. The van der Waals surface area contributed by atoms with E-state index < -0.39 is 0 Å². The van der Waals surface area contributed by atoms with Crippen LogP contribution in [0.3, 0.4) is 0 Å². The quantitative estimate of drug-likeness (QED) is 0.868. The molecule has 1 unspecified atom stereocenters. The van der Waals surface area contributed by atoms with Crippen LogP contribution in [0, 0.1) is 11.7 Å². The van der Waals surface area contributed by atoms with E-state index in [4.69, 9.17) is 0 Å². The third kappa shape index (κ3) is 4.93. The molecule has 0 fully saturated rings. The van der Waals surface area contributed by atoms with E-state index in [1.54, 1.807) is 12.1 Å². The van der Waals surface area contributed by atoms with Gasteiger partial charge in [-0.15, -0.1) is 0 Å². The molecule has 1 N–H and O–H groups in total. The number of likely N-dealkylation sites (N-methyl/N-ethyl adjacent to an activating group) is 1. The SMILES string of the molecule is CC(Cc1ccc(F)cc1)C(=O)NCC(C)(C)N(C)C. The Morgan fingerprint density at radius 2 is 1.85 bits per heavy atom. The van der Waals surface area contributed by atoms with E-state index in [1.165, 1.54) is 12.1 Å². The number of hydrogen-bond acceptors (Lipinski definition) is 2. The molecule has 0 spiro atoms. The normalized spacial score (nSPS) is 13.3. The zero-order valence-corrected chi connectivity index (χ0v) is 13.0. The summed E-state index contributed by atoms with van der Waals surface area (Å²) in [5.74, 6) is -0.346. The lowest BCUT2D eigenvalue weighted by Crippen LogP contribution is -2.49. The topological polar surface area (TPSA) is 32.3 Å². The van der Waals surface area contributed by atoms with Gasteiger partial charge in [0.1, 0.15) is 5.82 Å². The molecule has 112 valence electrons. The molecule has 4 heteroatoms. The van der Waals surface area contributed by atoms with Crippen molar-refractivity contribution in [2.45, 2.75) is 32.7 Å². The second kappa shape index (κ2) is 6.84. The second-order valence-electron chi connectivity index (χ2n) is 6.16. The monoisotopic (exact) mass is 280 g/mol. The van der Waals surface area contributed by atoms with Crippen LogP contribution >= 0.6 is 0 Å². The Balaban J connectivity index is 2.49. The molecule has 0 bridgehead atoms. The minimum atomic E-state index is -0.251. The highest BCUT2D eigenvalue weighted by Gasteiger charge is 2.22. The summed E-state index contributed by atoms with van der Waals surface area (Å²) < 4.78 is 12.8. The highest BCUT2D eigenvalue weighted by Crippen LogP contribution is 2.11. The number of carbonyl (C=O) groups excluding carboxylic acids is 1. The van der Waals surface area contributed by atoms with Crippen molar-refractivity contribution in [2.24, 2.45) is 5.92 Å². The fourth-order valence-electron chi connectivity index (χ4n) is 1.70. The maximum absolute atomic E-state index is 12.8. The van der Waals surface area contributed by atoms with Gasteiger partial charge in [-0.2, -0.15) is 0 Å². The van der Waals surface area contributed by atoms with Gasteiger partial charge in [-0.25, -0.2) is 4.39 Å². The van der Waals surface area contributed by atoms with E-state index in [0.717, 1.165) is 5.56 Å². The van der Waals surface area contributed by atoms with Crippen LogP contribution in [0.25, 0.3) is 0 Å². The number of nitrogens with one attached hydrogen (secondary N) is 1. The van der Waals surface area contributed by atoms with Crippen LogP contribution in [-0.2, 0) is 11.2 Å². The van der Waals surface area contributed by atoms with Gasteiger partial charge in [0.25, 0.3) is 0 Å². The standard InChI is InChI=1S/C16H25FN2O/c1-12(10-13-6-8-14(17)9-7-13)15(20)18-11-16(2,3)19(4)5/h6-9,12H,10-11H2,1-5H3,(H,18,20). The smallest absolute Gasteiger partial charge is 0.223 e. The van der Waals surface area contributed by atoms with Crippen LogP contribution in [0.1, 0.15) is 26.3 Å². The molecule has 1 atom stereocenters. The minimum absolute atomic E-state index is 0.0317. The molecule has 1 aromatic rings. The minimum Gasteiger partial charge on any atom is -0.354 e. The van der Waals surface area contributed by atoms with Crippen LogP contribution in [0.15, 0.2) is 24.3 Å². The summed E-state index contributed by atoms with van der Waals surface area (Å²) in [5, 5.41) is 2.98. The van der Waals surface area contributed by atoms with Gasteiger partial charge in [0.05, 0.1) is 0 Å². The zero-order valence-electron chi connectivity index (χ0n) is 13.0. The van der Waals surface area contributed by atoms with Gasteiger partial charge in [0, 0.05) is 18.0 Å². The molecule has 1 amide bonds. The van der Waals surface area contributed by atoms with E-state index in [9.17, 15) is 9.18 Å². The van der Waals surface area contributed by atoms with Crippen LogP contribution in [0.5, 0.6) is 0 Å². The van der Waals surface area contributed by atoms with Crippen molar-refractivity contribution in [2.75, 3.05) is 20.6 Å². The Morgan fingerprint density at radius 1 is 1.30 bits per heavy atom. The molecular weight excluding hydrogens is 255 g/mol. The molecule has 0 aliphatic carbocycles. The summed E-state index contributed by atoms with van der Waals surface area (Å²) in [4.78, 5) is 14.2. The van der Waals surface area contributed by atoms with E-state index in [-0.39, 0.29) is 23.2 Å². The average molecular weight is 280 g/mol. The van der Waals surface area contributed by atoms with E-state index >= 15 is 0 Å². The van der Waals surface area contributed by atoms with Crippen LogP contribution in [0.2, 0.25) is 0 Å². The molecule has 0 radical (unpaired) electrons. The Hall–Kier alpha value is -1.42. The van der Waals surface area contributed by atoms with E-state index in [0.29, 0.717) is 13.0 Å². The van der Waals surface area contributed by atoms with Crippen LogP contribution in [0.4, 0.5) is 4.39 Å². The summed E-state index contributed by atoms with van der Waals surface area (Å²) in [5.41, 5.74) is 0.895. The number of halogens is 1. The predicted octanol–water partition coefficient (Wildman–Crippen LogP) is 2.46. The molecule has 0 saturated heterocycles. The largest absolute Gasteiger partial charge is 0.354 e. The Labute approximate surface area is 121 Å². The molecular formula is C16H25FN2O. The van der Waals surface area contributed by atoms with Crippen molar-refractivity contribution in [1.29, 1.82) is 0 Å². The van der Waals surface area contributed by atoms with Crippen LogP contribution < -0.4 is 5.32 Å². The third-order valence-electron chi connectivity index (χ3n) is 3.81. The molecule has 0 heterocycles. The third-order valence-corrected chi connectivity index (χ3v) is 3.81. The van der Waals surface area contributed by atoms with E-state index in [1.807, 2.05) is 21.0 Å². The Morgan fingerprint density at radius 3 is 2.35 bits per heavy atom. The number of nitrogens with zero attached hydrogens (tertiary/aromatic N) is 1. The first-order valence-corrected chi connectivity index (χ1v) is 6.92. The Bertz CT molecular complexity index is 440. The summed E-state index contributed by atoms with van der Waals surface area (Å²) in [7, 11) is 3.99. The first-order chi connectivity index (χ1) is 9.22. The van der Waals surface area contributed by atoms with Gasteiger partial charge in [0.15, 0.2) is 0 Å². The lowest BCUT2D eigenvalue weighted by Gasteiger charge is -2.33. The molecule has 0 aliphatic heterocycles. The summed E-state index contributed by atoms with van der Waals surface area (Å²) in [6.45, 7) is 6.66. The zero-order chi connectivity index (χ0) is 15.3. The first kappa shape index (κ1) is 16.6.